The number of carbonyl (C=O) groups excluding carboxylic acids is 1. The lowest BCUT2D eigenvalue weighted by molar-refractivity contribution is -0.124. The molecule has 0 unspecified atom stereocenters. The Morgan fingerprint density at radius 3 is 2.35 bits per heavy atom. The standard InChI is InChI=1S/C27H30N2O2/c1-2-17-3-8-24-23(12-17)29-26(31-24)21-4-6-22(7-5-21)28-25(30)16-27-13-18-9-19(14-27)11-20(10-18)15-27/h3-8,12,18-20H,2,9-11,13-16H2,1H3,(H,28,30). The Balaban J connectivity index is 1.14. The third-order valence-electron chi connectivity index (χ3n) is 7.98. The lowest BCUT2D eigenvalue weighted by Crippen LogP contribution is -2.47. The minimum atomic E-state index is 0.170. The minimum absolute atomic E-state index is 0.170. The molecule has 0 spiro atoms. The van der Waals surface area contributed by atoms with Crippen molar-refractivity contribution >= 4 is 22.7 Å². The number of carbonyl (C=O) groups is 1. The molecule has 160 valence electrons. The summed E-state index contributed by atoms with van der Waals surface area (Å²) in [5.41, 5.74) is 5.00. The molecule has 3 aromatic rings. The van der Waals surface area contributed by atoms with Crippen molar-refractivity contribution in [1.29, 1.82) is 0 Å². The molecule has 1 N–H and O–H groups in total. The van der Waals surface area contributed by atoms with Gasteiger partial charge in [0, 0.05) is 17.7 Å². The summed E-state index contributed by atoms with van der Waals surface area (Å²) in [5, 5.41) is 3.15. The fourth-order valence-corrected chi connectivity index (χ4v) is 7.06. The van der Waals surface area contributed by atoms with Gasteiger partial charge in [-0.15, -0.1) is 0 Å². The van der Waals surface area contributed by atoms with E-state index in [4.69, 9.17) is 4.42 Å². The molecule has 4 bridgehead atoms. The van der Waals surface area contributed by atoms with Gasteiger partial charge in [-0.1, -0.05) is 13.0 Å². The molecule has 0 radical (unpaired) electrons. The maximum atomic E-state index is 12.9. The second-order valence-corrected chi connectivity index (χ2v) is 10.4. The average molecular weight is 415 g/mol. The van der Waals surface area contributed by atoms with Crippen molar-refractivity contribution in [2.24, 2.45) is 23.2 Å². The van der Waals surface area contributed by atoms with Crippen molar-refractivity contribution < 1.29 is 9.21 Å². The molecule has 2 aromatic carbocycles. The molecular formula is C27H30N2O2. The van der Waals surface area contributed by atoms with E-state index in [-0.39, 0.29) is 11.3 Å². The van der Waals surface area contributed by atoms with Crippen molar-refractivity contribution in [2.75, 3.05) is 5.32 Å². The van der Waals surface area contributed by atoms with E-state index in [0.29, 0.717) is 12.3 Å². The molecule has 4 nitrogen and oxygen atoms in total. The summed E-state index contributed by atoms with van der Waals surface area (Å²) in [7, 11) is 0. The Bertz CT molecular complexity index is 1090. The number of amides is 1. The molecule has 0 aliphatic heterocycles. The van der Waals surface area contributed by atoms with Crippen LogP contribution in [0.15, 0.2) is 46.9 Å². The van der Waals surface area contributed by atoms with Crippen LogP contribution >= 0.6 is 0 Å². The van der Waals surface area contributed by atoms with E-state index in [1.54, 1.807) is 0 Å². The topological polar surface area (TPSA) is 55.1 Å². The maximum absolute atomic E-state index is 12.9. The van der Waals surface area contributed by atoms with Gasteiger partial charge < -0.3 is 9.73 Å². The lowest BCUT2D eigenvalue weighted by Gasteiger charge is -2.56. The Morgan fingerprint density at radius 2 is 1.71 bits per heavy atom. The van der Waals surface area contributed by atoms with Gasteiger partial charge in [-0.05, 0) is 110 Å². The van der Waals surface area contributed by atoms with Gasteiger partial charge >= 0.3 is 0 Å². The van der Waals surface area contributed by atoms with E-state index in [1.807, 2.05) is 30.3 Å². The number of fused-ring (bicyclic) bond motifs is 1. The fraction of sp³-hybridized carbons (Fsp3) is 0.481. The molecule has 1 amide bonds. The first-order chi connectivity index (χ1) is 15.1. The highest BCUT2D eigenvalue weighted by molar-refractivity contribution is 5.91. The molecule has 0 saturated heterocycles. The molecule has 4 saturated carbocycles. The monoisotopic (exact) mass is 414 g/mol. The summed E-state index contributed by atoms with van der Waals surface area (Å²) in [5.74, 6) is 3.42. The number of aryl methyl sites for hydroxylation is 1. The number of nitrogens with zero attached hydrogens (tertiary/aromatic N) is 1. The van der Waals surface area contributed by atoms with E-state index in [2.05, 4.69) is 29.4 Å². The van der Waals surface area contributed by atoms with E-state index in [1.165, 1.54) is 44.1 Å². The van der Waals surface area contributed by atoms with Gasteiger partial charge in [0.05, 0.1) is 0 Å². The highest BCUT2D eigenvalue weighted by atomic mass is 16.3. The summed E-state index contributed by atoms with van der Waals surface area (Å²) < 4.78 is 5.93. The van der Waals surface area contributed by atoms with Crippen LogP contribution in [0.25, 0.3) is 22.6 Å². The molecule has 1 heterocycles. The minimum Gasteiger partial charge on any atom is -0.436 e. The normalized spacial score (nSPS) is 28.9. The van der Waals surface area contributed by atoms with Crippen molar-refractivity contribution in [3.05, 3.63) is 48.0 Å². The zero-order valence-electron chi connectivity index (χ0n) is 18.2. The number of benzene rings is 2. The first kappa shape index (κ1) is 19.1. The van der Waals surface area contributed by atoms with Crippen LogP contribution in [0, 0.1) is 23.2 Å². The molecular weight excluding hydrogens is 384 g/mol. The molecule has 4 fully saturated rings. The number of rotatable bonds is 5. The second kappa shape index (κ2) is 7.22. The first-order valence-electron chi connectivity index (χ1n) is 11.9. The van der Waals surface area contributed by atoms with Gasteiger partial charge in [-0.3, -0.25) is 4.79 Å². The van der Waals surface area contributed by atoms with E-state index in [9.17, 15) is 4.79 Å². The quantitative estimate of drug-likeness (QED) is 0.511. The Kier molecular flexibility index (Phi) is 4.45. The summed E-state index contributed by atoms with van der Waals surface area (Å²) >= 11 is 0. The van der Waals surface area contributed by atoms with Crippen LogP contribution in [0.2, 0.25) is 0 Å². The second-order valence-electron chi connectivity index (χ2n) is 10.4. The third-order valence-corrected chi connectivity index (χ3v) is 7.98. The van der Waals surface area contributed by atoms with Gasteiger partial charge in [0.15, 0.2) is 5.58 Å². The number of oxazole rings is 1. The Labute approximate surface area is 183 Å². The van der Waals surface area contributed by atoms with E-state index in [0.717, 1.165) is 46.5 Å². The molecule has 1 aromatic heterocycles. The largest absolute Gasteiger partial charge is 0.436 e. The number of anilines is 1. The summed E-state index contributed by atoms with van der Waals surface area (Å²) in [4.78, 5) is 17.5. The molecule has 7 rings (SSSR count). The van der Waals surface area contributed by atoms with Gasteiger partial charge in [0.25, 0.3) is 0 Å². The van der Waals surface area contributed by atoms with Crippen LogP contribution in [0.1, 0.15) is 57.4 Å². The predicted octanol–water partition coefficient (Wildman–Crippen LogP) is 6.60. The number of nitrogens with one attached hydrogen (secondary N) is 1. The fourth-order valence-electron chi connectivity index (χ4n) is 7.06. The van der Waals surface area contributed by atoms with Gasteiger partial charge in [-0.25, -0.2) is 4.98 Å². The van der Waals surface area contributed by atoms with Crippen LogP contribution in [0.5, 0.6) is 0 Å². The Morgan fingerprint density at radius 1 is 1.03 bits per heavy atom. The van der Waals surface area contributed by atoms with Crippen molar-refractivity contribution in [2.45, 2.75) is 58.3 Å². The number of hydrogen-bond donors (Lipinski definition) is 1. The van der Waals surface area contributed by atoms with Gasteiger partial charge in [-0.2, -0.15) is 0 Å². The third kappa shape index (κ3) is 3.56. The van der Waals surface area contributed by atoms with Crippen LogP contribution in [0.3, 0.4) is 0 Å². The van der Waals surface area contributed by atoms with Crippen molar-refractivity contribution in [1.82, 2.24) is 4.98 Å². The van der Waals surface area contributed by atoms with Crippen molar-refractivity contribution in [3.63, 3.8) is 0 Å². The first-order valence-corrected chi connectivity index (χ1v) is 11.9. The van der Waals surface area contributed by atoms with Crippen molar-refractivity contribution in [3.8, 4) is 11.5 Å². The molecule has 4 aliphatic rings. The summed E-state index contributed by atoms with van der Waals surface area (Å²) in [6, 6.07) is 14.0. The number of hydrogen-bond acceptors (Lipinski definition) is 3. The molecule has 31 heavy (non-hydrogen) atoms. The highest BCUT2D eigenvalue weighted by Crippen LogP contribution is 2.61. The summed E-state index contributed by atoms with van der Waals surface area (Å²) in [6.07, 6.45) is 9.71. The molecule has 0 atom stereocenters. The van der Waals surface area contributed by atoms with Crippen LogP contribution < -0.4 is 5.32 Å². The molecule has 4 aliphatic carbocycles. The van der Waals surface area contributed by atoms with E-state index >= 15 is 0 Å². The SMILES string of the molecule is CCc1ccc2oc(-c3ccc(NC(=O)CC45CC6CC(CC(C6)C4)C5)cc3)nc2c1. The zero-order chi connectivity index (χ0) is 21.0. The maximum Gasteiger partial charge on any atom is 0.227 e. The molecule has 4 heteroatoms. The highest BCUT2D eigenvalue weighted by Gasteiger charge is 2.51. The Hall–Kier alpha value is -2.62. The smallest absolute Gasteiger partial charge is 0.227 e. The van der Waals surface area contributed by atoms with Gasteiger partial charge in [0.2, 0.25) is 11.8 Å². The van der Waals surface area contributed by atoms with Crippen LogP contribution in [-0.2, 0) is 11.2 Å². The number of aromatic nitrogens is 1. The van der Waals surface area contributed by atoms with E-state index < -0.39 is 0 Å². The van der Waals surface area contributed by atoms with Crippen LogP contribution in [-0.4, -0.2) is 10.9 Å². The summed E-state index contributed by atoms with van der Waals surface area (Å²) in [6.45, 7) is 2.14. The zero-order valence-corrected chi connectivity index (χ0v) is 18.2. The lowest BCUT2D eigenvalue weighted by atomic mass is 9.49. The average Bonchev–Trinajstić information content (AvgIpc) is 3.16. The van der Waals surface area contributed by atoms with Crippen LogP contribution in [0.4, 0.5) is 5.69 Å². The van der Waals surface area contributed by atoms with Gasteiger partial charge in [0.1, 0.15) is 5.52 Å². The predicted molar refractivity (Wildman–Crippen MR) is 123 cm³/mol.